The Labute approximate surface area is 184 Å². The number of halogens is 1. The Morgan fingerprint density at radius 2 is 1.72 bits per heavy atom. The Bertz CT molecular complexity index is 1200. The molecule has 0 fully saturated rings. The molecule has 0 aromatic heterocycles. The molecule has 0 bridgehead atoms. The second kappa shape index (κ2) is 9.01. The van der Waals surface area contributed by atoms with Crippen LogP contribution in [0.25, 0.3) is 6.08 Å². The summed E-state index contributed by atoms with van der Waals surface area (Å²) in [5, 5.41) is 0. The molecule has 0 radical (unpaired) electrons. The van der Waals surface area contributed by atoms with Crippen LogP contribution < -0.4 is 23.7 Å². The number of Topliss-reactive ketones (excluding diaryl/α,β-unsaturated/α-hetero) is 1. The maximum atomic E-state index is 13.8. The number of ether oxygens (including phenoxy) is 5. The van der Waals surface area contributed by atoms with Crippen LogP contribution in [0.15, 0.2) is 60.4 Å². The first-order chi connectivity index (χ1) is 15.5. The largest absolute Gasteiger partial charge is 0.493 e. The highest BCUT2D eigenvalue weighted by Crippen LogP contribution is 2.42. The standard InChI is InChI=1S/C25H21FO6/c1-28-20-11-8-15(24(29-2)25(20)30-3)12-22-23(27)18-10-9-17(13-21(18)32-22)31-14-16-6-4-5-7-19(16)26/h4-13H,14H2,1-3H3. The number of carbonyl (C=O) groups is 1. The van der Waals surface area contributed by atoms with Gasteiger partial charge in [-0.05, 0) is 36.4 Å². The zero-order chi connectivity index (χ0) is 22.7. The van der Waals surface area contributed by atoms with Gasteiger partial charge < -0.3 is 23.7 Å². The fourth-order valence-corrected chi connectivity index (χ4v) is 3.41. The van der Waals surface area contributed by atoms with Gasteiger partial charge in [-0.2, -0.15) is 0 Å². The number of hydrogen-bond acceptors (Lipinski definition) is 6. The first-order valence-electron chi connectivity index (χ1n) is 9.79. The monoisotopic (exact) mass is 436 g/mol. The molecule has 7 heteroatoms. The molecule has 0 saturated heterocycles. The van der Waals surface area contributed by atoms with Crippen LogP contribution >= 0.6 is 0 Å². The molecule has 1 aliphatic heterocycles. The second-order valence-electron chi connectivity index (χ2n) is 6.90. The number of fused-ring (bicyclic) bond motifs is 1. The van der Waals surface area contributed by atoms with Crippen molar-refractivity contribution < 1.29 is 32.9 Å². The van der Waals surface area contributed by atoms with E-state index in [9.17, 15) is 9.18 Å². The van der Waals surface area contributed by atoms with Crippen molar-refractivity contribution in [1.29, 1.82) is 0 Å². The molecule has 3 aromatic carbocycles. The molecule has 0 atom stereocenters. The molecule has 0 saturated carbocycles. The van der Waals surface area contributed by atoms with Crippen LogP contribution in [-0.2, 0) is 6.61 Å². The van der Waals surface area contributed by atoms with Crippen LogP contribution in [-0.4, -0.2) is 27.1 Å². The van der Waals surface area contributed by atoms with Crippen molar-refractivity contribution >= 4 is 11.9 Å². The van der Waals surface area contributed by atoms with Crippen molar-refractivity contribution in [1.82, 2.24) is 0 Å². The smallest absolute Gasteiger partial charge is 0.231 e. The summed E-state index contributed by atoms with van der Waals surface area (Å²) in [4.78, 5) is 12.8. The molecule has 32 heavy (non-hydrogen) atoms. The van der Waals surface area contributed by atoms with E-state index in [1.807, 2.05) is 0 Å². The lowest BCUT2D eigenvalue weighted by atomic mass is 10.1. The van der Waals surface area contributed by atoms with Gasteiger partial charge in [0.05, 0.1) is 26.9 Å². The molecule has 6 nitrogen and oxygen atoms in total. The lowest BCUT2D eigenvalue weighted by Crippen LogP contribution is -2.00. The van der Waals surface area contributed by atoms with E-state index in [-0.39, 0.29) is 24.0 Å². The van der Waals surface area contributed by atoms with Crippen LogP contribution in [0.4, 0.5) is 4.39 Å². The van der Waals surface area contributed by atoms with Crippen LogP contribution in [0, 0.1) is 5.82 Å². The molecular formula is C25H21FO6. The highest BCUT2D eigenvalue weighted by Gasteiger charge is 2.28. The van der Waals surface area contributed by atoms with Gasteiger partial charge in [0.25, 0.3) is 0 Å². The molecule has 164 valence electrons. The van der Waals surface area contributed by atoms with Gasteiger partial charge in [0, 0.05) is 17.2 Å². The van der Waals surface area contributed by atoms with Crippen LogP contribution in [0.3, 0.4) is 0 Å². The summed E-state index contributed by atoms with van der Waals surface area (Å²) in [6.07, 6.45) is 1.59. The minimum atomic E-state index is -0.339. The summed E-state index contributed by atoms with van der Waals surface area (Å²) in [7, 11) is 4.54. The molecule has 0 aliphatic carbocycles. The van der Waals surface area contributed by atoms with Crippen molar-refractivity contribution in [3.8, 4) is 28.7 Å². The third kappa shape index (κ3) is 3.97. The van der Waals surface area contributed by atoms with E-state index in [2.05, 4.69) is 0 Å². The Kier molecular flexibility index (Phi) is 5.98. The lowest BCUT2D eigenvalue weighted by molar-refractivity contribution is 0.101. The summed E-state index contributed by atoms with van der Waals surface area (Å²) >= 11 is 0. The third-order valence-corrected chi connectivity index (χ3v) is 5.01. The highest BCUT2D eigenvalue weighted by atomic mass is 19.1. The summed E-state index contributed by atoms with van der Waals surface area (Å²) in [6, 6.07) is 14.7. The summed E-state index contributed by atoms with van der Waals surface area (Å²) in [5.41, 5.74) is 1.44. The van der Waals surface area contributed by atoms with E-state index < -0.39 is 0 Å². The van der Waals surface area contributed by atoms with Crippen molar-refractivity contribution in [2.75, 3.05) is 21.3 Å². The molecule has 1 aliphatic rings. The number of methoxy groups -OCH3 is 3. The maximum absolute atomic E-state index is 13.8. The number of allylic oxidation sites excluding steroid dienone is 1. The highest BCUT2D eigenvalue weighted by molar-refractivity contribution is 6.14. The lowest BCUT2D eigenvalue weighted by Gasteiger charge is -2.14. The van der Waals surface area contributed by atoms with Crippen molar-refractivity contribution in [2.24, 2.45) is 0 Å². The quantitative estimate of drug-likeness (QED) is 0.483. The number of hydrogen-bond donors (Lipinski definition) is 0. The predicted octanol–water partition coefficient (Wildman–Crippen LogP) is 5.05. The van der Waals surface area contributed by atoms with Crippen molar-refractivity contribution in [2.45, 2.75) is 6.61 Å². The average Bonchev–Trinajstić information content (AvgIpc) is 3.12. The van der Waals surface area contributed by atoms with E-state index >= 15 is 0 Å². The zero-order valence-corrected chi connectivity index (χ0v) is 17.8. The van der Waals surface area contributed by atoms with Gasteiger partial charge in [0.1, 0.15) is 23.9 Å². The van der Waals surface area contributed by atoms with E-state index in [0.717, 1.165) is 0 Å². The Balaban J connectivity index is 1.58. The zero-order valence-electron chi connectivity index (χ0n) is 17.8. The fraction of sp³-hybridized carbons (Fsp3) is 0.160. The van der Waals surface area contributed by atoms with Crippen LogP contribution in [0.2, 0.25) is 0 Å². The fourth-order valence-electron chi connectivity index (χ4n) is 3.41. The first kappa shape index (κ1) is 21.2. The summed E-state index contributed by atoms with van der Waals surface area (Å²) < 4.78 is 41.4. The van der Waals surface area contributed by atoms with Crippen LogP contribution in [0.1, 0.15) is 21.5 Å². The number of benzene rings is 3. The molecular weight excluding hydrogens is 415 g/mol. The Morgan fingerprint density at radius 1 is 0.938 bits per heavy atom. The van der Waals surface area contributed by atoms with E-state index in [0.29, 0.717) is 45.4 Å². The molecule has 0 N–H and O–H groups in total. The Hall–Kier alpha value is -4.00. The van der Waals surface area contributed by atoms with E-state index in [1.54, 1.807) is 54.6 Å². The van der Waals surface area contributed by atoms with Gasteiger partial charge in [0.2, 0.25) is 11.5 Å². The van der Waals surface area contributed by atoms with Crippen LogP contribution in [0.5, 0.6) is 28.7 Å². The van der Waals surface area contributed by atoms with E-state index in [4.69, 9.17) is 23.7 Å². The van der Waals surface area contributed by atoms with Gasteiger partial charge in [-0.1, -0.05) is 18.2 Å². The topological polar surface area (TPSA) is 63.2 Å². The average molecular weight is 436 g/mol. The van der Waals surface area contributed by atoms with Gasteiger partial charge in [0.15, 0.2) is 17.3 Å². The Morgan fingerprint density at radius 3 is 2.44 bits per heavy atom. The molecule has 4 rings (SSSR count). The molecule has 0 spiro atoms. The number of rotatable bonds is 7. The second-order valence-corrected chi connectivity index (χ2v) is 6.90. The molecule has 1 heterocycles. The SMILES string of the molecule is COc1ccc(C=C2Oc3cc(OCc4ccccc4F)ccc3C2=O)c(OC)c1OC. The van der Waals surface area contributed by atoms with E-state index in [1.165, 1.54) is 27.4 Å². The molecule has 0 unspecified atom stereocenters. The summed E-state index contributed by atoms with van der Waals surface area (Å²) in [6.45, 7) is 0.0605. The molecule has 3 aromatic rings. The first-order valence-corrected chi connectivity index (χ1v) is 9.79. The van der Waals surface area contributed by atoms with Gasteiger partial charge in [-0.3, -0.25) is 4.79 Å². The maximum Gasteiger partial charge on any atom is 0.231 e. The van der Waals surface area contributed by atoms with Gasteiger partial charge in [-0.25, -0.2) is 4.39 Å². The molecule has 0 amide bonds. The number of carbonyl (C=O) groups excluding carboxylic acids is 1. The minimum Gasteiger partial charge on any atom is -0.493 e. The van der Waals surface area contributed by atoms with Gasteiger partial charge >= 0.3 is 0 Å². The van der Waals surface area contributed by atoms with Gasteiger partial charge in [-0.15, -0.1) is 0 Å². The normalized spacial score (nSPS) is 13.5. The minimum absolute atomic E-state index is 0.0605. The predicted molar refractivity (Wildman–Crippen MR) is 116 cm³/mol. The van der Waals surface area contributed by atoms with Crippen molar-refractivity contribution in [3.63, 3.8) is 0 Å². The van der Waals surface area contributed by atoms with Crippen molar-refractivity contribution in [3.05, 3.63) is 82.9 Å². The number of ketones is 1. The summed E-state index contributed by atoms with van der Waals surface area (Å²) in [5.74, 6) is 1.70. The third-order valence-electron chi connectivity index (χ3n) is 5.01.